The van der Waals surface area contributed by atoms with Crippen molar-refractivity contribution in [2.75, 3.05) is 5.75 Å². The molecule has 9 nitrogen and oxygen atoms in total. The van der Waals surface area contributed by atoms with E-state index in [-0.39, 0.29) is 42.9 Å². The van der Waals surface area contributed by atoms with E-state index in [1.807, 2.05) is 42.5 Å². The molecule has 0 radical (unpaired) electrons. The fourth-order valence-electron chi connectivity index (χ4n) is 4.06. The normalized spacial score (nSPS) is 15.9. The van der Waals surface area contributed by atoms with E-state index < -0.39 is 6.04 Å². The smallest absolute Gasteiger partial charge is 0.259 e. The van der Waals surface area contributed by atoms with Crippen molar-refractivity contribution in [3.05, 3.63) is 88.8 Å². The minimum Gasteiger partial charge on any atom is -0.467 e. The largest absolute Gasteiger partial charge is 0.467 e. The maximum atomic E-state index is 13.4. The molecule has 11 heteroatoms. The van der Waals surface area contributed by atoms with Crippen LogP contribution in [-0.4, -0.2) is 45.4 Å². The Morgan fingerprint density at radius 3 is 2.61 bits per heavy atom. The summed E-state index contributed by atoms with van der Waals surface area (Å²) >= 11 is 7.33. The summed E-state index contributed by atoms with van der Waals surface area (Å²) in [7, 11) is 0. The minimum atomic E-state index is -0.717. The number of fused-ring (bicyclic) bond motifs is 3. The molecule has 0 spiro atoms. The second kappa shape index (κ2) is 11.7. The summed E-state index contributed by atoms with van der Waals surface area (Å²) < 4.78 is 5.22. The molecule has 1 aromatic heterocycles. The first kappa shape index (κ1) is 25.7. The van der Waals surface area contributed by atoms with Gasteiger partial charge in [0.25, 0.3) is 5.91 Å². The number of rotatable bonds is 9. The zero-order chi connectivity index (χ0) is 26.5. The third kappa shape index (κ3) is 5.81. The Labute approximate surface area is 228 Å². The van der Waals surface area contributed by atoms with E-state index in [0.29, 0.717) is 34.0 Å². The van der Waals surface area contributed by atoms with Crippen molar-refractivity contribution >= 4 is 57.8 Å². The number of thioether (sulfide) groups is 1. The van der Waals surface area contributed by atoms with Gasteiger partial charge in [-0.3, -0.25) is 19.4 Å². The number of halogens is 1. The fraction of sp³-hybridized carbons (Fsp3) is 0.222. The van der Waals surface area contributed by atoms with Gasteiger partial charge in [-0.15, -0.1) is 0 Å². The Morgan fingerprint density at radius 2 is 1.79 bits per heavy atom. The van der Waals surface area contributed by atoms with E-state index in [4.69, 9.17) is 16.0 Å². The summed E-state index contributed by atoms with van der Waals surface area (Å²) in [4.78, 5) is 49.0. The Hall–Kier alpha value is -3.89. The third-order valence-electron chi connectivity index (χ3n) is 6.00. The number of nitrogens with zero attached hydrogens (tertiary/aromatic N) is 3. The quantitative estimate of drug-likeness (QED) is 0.418. The van der Waals surface area contributed by atoms with Crippen LogP contribution in [0.5, 0.6) is 0 Å². The molecule has 38 heavy (non-hydrogen) atoms. The Bertz CT molecular complexity index is 1420. The molecule has 0 saturated carbocycles. The summed E-state index contributed by atoms with van der Waals surface area (Å²) in [5.41, 5.74) is 2.22. The molecular weight excluding hydrogens is 526 g/mol. The molecule has 2 aliphatic rings. The van der Waals surface area contributed by atoms with Gasteiger partial charge in [-0.05, 0) is 42.3 Å². The van der Waals surface area contributed by atoms with Gasteiger partial charge in [0.2, 0.25) is 11.8 Å². The van der Waals surface area contributed by atoms with E-state index in [1.165, 1.54) is 4.90 Å². The van der Waals surface area contributed by atoms with Gasteiger partial charge >= 0.3 is 0 Å². The maximum absolute atomic E-state index is 13.4. The summed E-state index contributed by atoms with van der Waals surface area (Å²) in [6.07, 6.45) is 1.93. The highest BCUT2D eigenvalue weighted by Gasteiger charge is 2.41. The molecular formula is C27H24ClN5O4S. The molecule has 194 valence electrons. The molecule has 1 atom stereocenters. The average Bonchev–Trinajstić information content (AvgIpc) is 3.57. The van der Waals surface area contributed by atoms with Gasteiger partial charge in [0.15, 0.2) is 5.17 Å². The number of furan rings is 1. The number of hydrogen-bond acceptors (Lipinski definition) is 7. The lowest BCUT2D eigenvalue weighted by atomic mass is 10.1. The first-order valence-electron chi connectivity index (χ1n) is 12.0. The first-order valence-corrected chi connectivity index (χ1v) is 13.4. The van der Waals surface area contributed by atoms with E-state index in [0.717, 1.165) is 22.9 Å². The van der Waals surface area contributed by atoms with Crippen LogP contribution >= 0.6 is 23.4 Å². The highest BCUT2D eigenvalue weighted by molar-refractivity contribution is 8.14. The highest BCUT2D eigenvalue weighted by Crippen LogP contribution is 2.34. The lowest BCUT2D eigenvalue weighted by molar-refractivity contribution is -0.125. The number of hydrogen-bond donors (Lipinski definition) is 2. The molecule has 3 aromatic rings. The number of carbonyl (C=O) groups excluding carboxylic acids is 3. The summed E-state index contributed by atoms with van der Waals surface area (Å²) in [6.45, 7) is 0.582. The van der Waals surface area contributed by atoms with Gasteiger partial charge in [0.1, 0.15) is 17.6 Å². The number of para-hydroxylation sites is 1. The van der Waals surface area contributed by atoms with E-state index in [9.17, 15) is 14.4 Å². The van der Waals surface area contributed by atoms with Crippen molar-refractivity contribution in [1.29, 1.82) is 0 Å². The van der Waals surface area contributed by atoms with Crippen molar-refractivity contribution in [3.8, 4) is 0 Å². The van der Waals surface area contributed by atoms with Gasteiger partial charge in [-0.2, -0.15) is 0 Å². The molecule has 0 fully saturated rings. The van der Waals surface area contributed by atoms with Crippen LogP contribution < -0.4 is 10.6 Å². The lowest BCUT2D eigenvalue weighted by Gasteiger charge is -2.25. The molecule has 0 bridgehead atoms. The Kier molecular flexibility index (Phi) is 7.90. The summed E-state index contributed by atoms with van der Waals surface area (Å²) in [5.74, 6) is 0.516. The van der Waals surface area contributed by atoms with Crippen molar-refractivity contribution < 1.29 is 18.8 Å². The monoisotopic (exact) mass is 549 g/mol. The SMILES string of the molecule is O=C(CC[C@@H]1N=C2c3ccccc3N=C(SCC(=O)NCc3ccccc3Cl)N2C1=O)NCc1ccco1. The van der Waals surface area contributed by atoms with E-state index in [2.05, 4.69) is 20.6 Å². The van der Waals surface area contributed by atoms with Gasteiger partial charge in [-0.25, -0.2) is 9.89 Å². The Morgan fingerprint density at radius 1 is 1.00 bits per heavy atom. The third-order valence-corrected chi connectivity index (χ3v) is 7.31. The zero-order valence-corrected chi connectivity index (χ0v) is 21.8. The summed E-state index contributed by atoms with van der Waals surface area (Å²) in [6, 6.07) is 17.5. The minimum absolute atomic E-state index is 0.0579. The molecule has 3 amide bonds. The number of amidine groups is 2. The molecule has 3 heterocycles. The molecule has 2 aromatic carbocycles. The zero-order valence-electron chi connectivity index (χ0n) is 20.2. The van der Waals surface area contributed by atoms with Crippen LogP contribution in [0, 0.1) is 0 Å². The maximum Gasteiger partial charge on any atom is 0.259 e. The second-order valence-corrected chi connectivity index (χ2v) is 9.95. The number of benzene rings is 2. The summed E-state index contributed by atoms with van der Waals surface area (Å²) in [5, 5.41) is 6.59. The lowest BCUT2D eigenvalue weighted by Crippen LogP contribution is -2.41. The van der Waals surface area contributed by atoms with Crippen LogP contribution in [0.1, 0.15) is 29.7 Å². The number of nitrogens with one attached hydrogen (secondary N) is 2. The second-order valence-electron chi connectivity index (χ2n) is 8.61. The van der Waals surface area contributed by atoms with E-state index >= 15 is 0 Å². The van der Waals surface area contributed by atoms with E-state index in [1.54, 1.807) is 24.5 Å². The number of aliphatic imine (C=N–C) groups is 2. The molecule has 2 aliphatic heterocycles. The molecule has 0 aliphatic carbocycles. The molecule has 0 unspecified atom stereocenters. The van der Waals surface area contributed by atoms with Crippen LogP contribution in [0.15, 0.2) is 81.3 Å². The number of amides is 3. The van der Waals surface area contributed by atoms with Crippen LogP contribution in [0.2, 0.25) is 5.02 Å². The predicted octanol–water partition coefficient (Wildman–Crippen LogP) is 4.04. The first-order chi connectivity index (χ1) is 18.5. The van der Waals surface area contributed by atoms with Crippen molar-refractivity contribution in [2.24, 2.45) is 9.98 Å². The van der Waals surface area contributed by atoms with Gasteiger partial charge in [0, 0.05) is 23.6 Å². The molecule has 5 rings (SSSR count). The van der Waals surface area contributed by atoms with Gasteiger partial charge in [-0.1, -0.05) is 53.7 Å². The fourth-order valence-corrected chi connectivity index (χ4v) is 5.09. The highest BCUT2D eigenvalue weighted by atomic mass is 35.5. The van der Waals surface area contributed by atoms with Crippen LogP contribution in [0.25, 0.3) is 0 Å². The van der Waals surface area contributed by atoms with Crippen molar-refractivity contribution in [3.63, 3.8) is 0 Å². The van der Waals surface area contributed by atoms with Crippen LogP contribution in [0.3, 0.4) is 0 Å². The average molecular weight is 550 g/mol. The van der Waals surface area contributed by atoms with Gasteiger partial charge < -0.3 is 15.1 Å². The van der Waals surface area contributed by atoms with Gasteiger partial charge in [0.05, 0.1) is 24.2 Å². The van der Waals surface area contributed by atoms with Crippen LogP contribution in [-0.2, 0) is 27.5 Å². The van der Waals surface area contributed by atoms with Crippen LogP contribution in [0.4, 0.5) is 5.69 Å². The molecule has 2 N–H and O–H groups in total. The van der Waals surface area contributed by atoms with Crippen molar-refractivity contribution in [1.82, 2.24) is 15.5 Å². The Balaban J connectivity index is 1.22. The number of carbonyl (C=O) groups is 3. The van der Waals surface area contributed by atoms with Crippen molar-refractivity contribution in [2.45, 2.75) is 32.0 Å². The predicted molar refractivity (Wildman–Crippen MR) is 146 cm³/mol. The topological polar surface area (TPSA) is 116 Å². The molecule has 0 saturated heterocycles. The standard InChI is InChI=1S/C27H24ClN5O4S/c28-20-9-3-1-6-17(20)14-29-24(35)16-38-27-32-21-10-4-2-8-19(21)25-31-22(26(36)33(25)27)11-12-23(34)30-15-18-7-5-13-37-18/h1-10,13,22H,11-12,14-16H2,(H,29,35)(H,30,34)/t22-/m0/s1.